The molecule has 0 fully saturated rings. The molecular weight excluding hydrogens is 254 g/mol. The zero-order valence-electron chi connectivity index (χ0n) is 11.9. The highest BCUT2D eigenvalue weighted by Gasteiger charge is 2.11. The van der Waals surface area contributed by atoms with Gasteiger partial charge < -0.3 is 15.5 Å². The number of hydrogen-bond donors (Lipinski definition) is 3. The molecule has 2 rings (SSSR count). The molecular formula is C15H19N3O2. The maximum atomic E-state index is 9.56. The molecule has 0 amide bonds. The minimum Gasteiger partial charge on any atom is -0.504 e. The van der Waals surface area contributed by atoms with Gasteiger partial charge in [-0.1, -0.05) is 0 Å². The summed E-state index contributed by atoms with van der Waals surface area (Å²) in [6.45, 7) is 4.80. The van der Waals surface area contributed by atoms with Crippen LogP contribution < -0.4 is 5.32 Å². The van der Waals surface area contributed by atoms with Crippen molar-refractivity contribution in [3.63, 3.8) is 0 Å². The Morgan fingerprint density at radius 3 is 2.25 bits per heavy atom. The molecule has 0 aliphatic carbocycles. The van der Waals surface area contributed by atoms with Gasteiger partial charge in [0, 0.05) is 17.0 Å². The Morgan fingerprint density at radius 2 is 1.70 bits per heavy atom. The zero-order valence-corrected chi connectivity index (χ0v) is 11.9. The van der Waals surface area contributed by atoms with E-state index in [0.29, 0.717) is 11.4 Å². The zero-order chi connectivity index (χ0) is 14.7. The van der Waals surface area contributed by atoms with Crippen LogP contribution in [0.25, 0.3) is 11.4 Å². The summed E-state index contributed by atoms with van der Waals surface area (Å²) in [5.74, 6) is 0.247. The molecule has 0 atom stereocenters. The molecule has 2 aromatic rings. The number of rotatable bonds is 4. The fourth-order valence-corrected chi connectivity index (χ4v) is 2.14. The van der Waals surface area contributed by atoms with E-state index in [9.17, 15) is 10.2 Å². The van der Waals surface area contributed by atoms with E-state index in [1.807, 2.05) is 20.9 Å². The maximum absolute atomic E-state index is 9.56. The molecule has 1 aromatic heterocycles. The van der Waals surface area contributed by atoms with Gasteiger partial charge in [0.1, 0.15) is 0 Å². The van der Waals surface area contributed by atoms with Gasteiger partial charge >= 0.3 is 0 Å². The molecule has 1 heterocycles. The van der Waals surface area contributed by atoms with E-state index < -0.39 is 0 Å². The summed E-state index contributed by atoms with van der Waals surface area (Å²) in [5.41, 5.74) is 3.71. The lowest BCUT2D eigenvalue weighted by molar-refractivity contribution is 0.404. The molecule has 3 N–H and O–H groups in total. The van der Waals surface area contributed by atoms with Gasteiger partial charge in [0.05, 0.1) is 0 Å². The van der Waals surface area contributed by atoms with Crippen molar-refractivity contribution in [1.29, 1.82) is 0 Å². The SMILES string of the molecule is CNCCc1c(C)nc(-c2ccc(O)c(O)c2)nc1C. The van der Waals surface area contributed by atoms with Crippen LogP contribution in [0.5, 0.6) is 11.5 Å². The first-order valence-electron chi connectivity index (χ1n) is 6.54. The molecule has 0 unspecified atom stereocenters. The van der Waals surface area contributed by atoms with Crippen molar-refractivity contribution in [3.05, 3.63) is 35.2 Å². The standard InChI is InChI=1S/C15H19N3O2/c1-9-12(6-7-16-3)10(2)18-15(17-9)11-4-5-13(19)14(20)8-11/h4-5,8,16,19-20H,6-7H2,1-3H3. The second-order valence-electron chi connectivity index (χ2n) is 4.75. The third-order valence-corrected chi connectivity index (χ3v) is 3.28. The lowest BCUT2D eigenvalue weighted by atomic mass is 10.1. The maximum Gasteiger partial charge on any atom is 0.159 e. The molecule has 5 nitrogen and oxygen atoms in total. The molecule has 106 valence electrons. The molecule has 20 heavy (non-hydrogen) atoms. The first kappa shape index (κ1) is 14.3. The number of nitrogens with one attached hydrogen (secondary N) is 1. The number of hydrogen-bond acceptors (Lipinski definition) is 5. The molecule has 0 aliphatic heterocycles. The summed E-state index contributed by atoms with van der Waals surface area (Å²) in [5, 5.41) is 22.0. The van der Waals surface area contributed by atoms with Crippen molar-refractivity contribution >= 4 is 0 Å². The minimum atomic E-state index is -0.166. The van der Waals surface area contributed by atoms with Gasteiger partial charge in [-0.25, -0.2) is 9.97 Å². The molecule has 0 saturated heterocycles. The Kier molecular flexibility index (Phi) is 4.20. The summed E-state index contributed by atoms with van der Waals surface area (Å²) >= 11 is 0. The van der Waals surface area contributed by atoms with E-state index >= 15 is 0 Å². The normalized spacial score (nSPS) is 10.8. The number of phenolic OH excluding ortho intramolecular Hbond substituents is 2. The second kappa shape index (κ2) is 5.88. The Morgan fingerprint density at radius 1 is 1.05 bits per heavy atom. The van der Waals surface area contributed by atoms with Crippen LogP contribution >= 0.6 is 0 Å². The van der Waals surface area contributed by atoms with Gasteiger partial charge in [-0.3, -0.25) is 0 Å². The number of phenols is 2. The molecule has 5 heteroatoms. The highest BCUT2D eigenvalue weighted by molar-refractivity contribution is 5.61. The van der Waals surface area contributed by atoms with Crippen LogP contribution in [-0.2, 0) is 6.42 Å². The van der Waals surface area contributed by atoms with E-state index in [2.05, 4.69) is 15.3 Å². The van der Waals surface area contributed by atoms with E-state index in [4.69, 9.17) is 0 Å². The van der Waals surface area contributed by atoms with Crippen LogP contribution in [-0.4, -0.2) is 33.8 Å². The van der Waals surface area contributed by atoms with Crippen molar-refractivity contribution in [1.82, 2.24) is 15.3 Å². The van der Waals surface area contributed by atoms with E-state index in [-0.39, 0.29) is 11.5 Å². The number of benzene rings is 1. The molecule has 0 bridgehead atoms. The largest absolute Gasteiger partial charge is 0.504 e. The molecule has 1 aromatic carbocycles. The van der Waals surface area contributed by atoms with E-state index in [0.717, 1.165) is 29.9 Å². The summed E-state index contributed by atoms with van der Waals surface area (Å²) in [6.07, 6.45) is 0.884. The fourth-order valence-electron chi connectivity index (χ4n) is 2.14. The number of aryl methyl sites for hydroxylation is 2. The van der Waals surface area contributed by atoms with Crippen molar-refractivity contribution in [2.24, 2.45) is 0 Å². The third-order valence-electron chi connectivity index (χ3n) is 3.28. The minimum absolute atomic E-state index is 0.146. The van der Waals surface area contributed by atoms with Crippen LogP contribution in [0.15, 0.2) is 18.2 Å². The van der Waals surface area contributed by atoms with Gasteiger partial charge in [-0.05, 0) is 57.6 Å². The Bertz CT molecular complexity index is 604. The van der Waals surface area contributed by atoms with Crippen molar-refractivity contribution in [3.8, 4) is 22.9 Å². The van der Waals surface area contributed by atoms with Crippen LogP contribution in [0.3, 0.4) is 0 Å². The van der Waals surface area contributed by atoms with Crippen molar-refractivity contribution in [2.45, 2.75) is 20.3 Å². The highest BCUT2D eigenvalue weighted by atomic mass is 16.3. The molecule has 0 spiro atoms. The van der Waals surface area contributed by atoms with Gasteiger partial charge in [-0.15, -0.1) is 0 Å². The lowest BCUT2D eigenvalue weighted by Gasteiger charge is -2.11. The number of aromatic hydroxyl groups is 2. The quantitative estimate of drug-likeness (QED) is 0.742. The summed E-state index contributed by atoms with van der Waals surface area (Å²) in [6, 6.07) is 4.60. The van der Waals surface area contributed by atoms with Crippen LogP contribution in [0.2, 0.25) is 0 Å². The van der Waals surface area contributed by atoms with E-state index in [1.54, 1.807) is 6.07 Å². The summed E-state index contributed by atoms with van der Waals surface area (Å²) in [7, 11) is 1.92. The smallest absolute Gasteiger partial charge is 0.159 e. The van der Waals surface area contributed by atoms with E-state index in [1.165, 1.54) is 12.1 Å². The number of likely N-dealkylation sites (N-methyl/N-ethyl adjacent to an activating group) is 1. The first-order valence-corrected chi connectivity index (χ1v) is 6.54. The number of nitrogens with zero attached hydrogens (tertiary/aromatic N) is 2. The Balaban J connectivity index is 2.41. The third kappa shape index (κ3) is 2.88. The molecule has 0 aliphatic rings. The van der Waals surface area contributed by atoms with Gasteiger partial charge in [0.25, 0.3) is 0 Å². The van der Waals surface area contributed by atoms with Gasteiger partial charge in [0.2, 0.25) is 0 Å². The Labute approximate surface area is 118 Å². The Hall–Kier alpha value is -2.14. The van der Waals surface area contributed by atoms with Crippen LogP contribution in [0.1, 0.15) is 17.0 Å². The lowest BCUT2D eigenvalue weighted by Crippen LogP contribution is -2.13. The van der Waals surface area contributed by atoms with Crippen LogP contribution in [0.4, 0.5) is 0 Å². The fraction of sp³-hybridized carbons (Fsp3) is 0.333. The topological polar surface area (TPSA) is 78.3 Å². The monoisotopic (exact) mass is 273 g/mol. The van der Waals surface area contributed by atoms with Crippen molar-refractivity contribution < 1.29 is 10.2 Å². The van der Waals surface area contributed by atoms with Gasteiger partial charge in [-0.2, -0.15) is 0 Å². The van der Waals surface area contributed by atoms with Gasteiger partial charge in [0.15, 0.2) is 17.3 Å². The molecule has 0 saturated carbocycles. The van der Waals surface area contributed by atoms with Crippen molar-refractivity contribution in [2.75, 3.05) is 13.6 Å². The first-order chi connectivity index (χ1) is 9.52. The summed E-state index contributed by atoms with van der Waals surface area (Å²) < 4.78 is 0. The van der Waals surface area contributed by atoms with Crippen LogP contribution in [0, 0.1) is 13.8 Å². The average molecular weight is 273 g/mol. The molecule has 0 radical (unpaired) electrons. The second-order valence-corrected chi connectivity index (χ2v) is 4.75. The number of aromatic nitrogens is 2. The summed E-state index contributed by atoms with van der Waals surface area (Å²) in [4.78, 5) is 8.99. The predicted molar refractivity (Wildman–Crippen MR) is 77.9 cm³/mol. The highest BCUT2D eigenvalue weighted by Crippen LogP contribution is 2.29. The predicted octanol–water partition coefficient (Wildman–Crippen LogP) is 1.93. The average Bonchev–Trinajstić information content (AvgIpc) is 2.41.